The summed E-state index contributed by atoms with van der Waals surface area (Å²) in [6.45, 7) is 3.31. The summed E-state index contributed by atoms with van der Waals surface area (Å²) in [7, 11) is 1.27. The molecule has 0 saturated carbocycles. The topological polar surface area (TPSA) is 68.3 Å². The van der Waals surface area contributed by atoms with Gasteiger partial charge >= 0.3 is 5.97 Å². The Hall–Kier alpha value is -3.28. The second kappa shape index (κ2) is 7.15. The summed E-state index contributed by atoms with van der Waals surface area (Å²) in [4.78, 5) is 29.8. The molecule has 1 amide bonds. The number of benzene rings is 2. The van der Waals surface area contributed by atoms with Crippen molar-refractivity contribution in [2.24, 2.45) is 0 Å². The highest BCUT2D eigenvalue weighted by Crippen LogP contribution is 2.25. The van der Waals surface area contributed by atoms with Gasteiger partial charge in [-0.1, -0.05) is 30.3 Å². The molecule has 1 aromatic heterocycles. The van der Waals surface area contributed by atoms with Crippen LogP contribution in [0.3, 0.4) is 0 Å². The molecule has 2 aromatic carbocycles. The van der Waals surface area contributed by atoms with Gasteiger partial charge in [-0.3, -0.25) is 9.78 Å². The van der Waals surface area contributed by atoms with Crippen molar-refractivity contribution in [2.75, 3.05) is 7.11 Å². The highest BCUT2D eigenvalue weighted by Gasteiger charge is 2.38. The van der Waals surface area contributed by atoms with E-state index in [1.54, 1.807) is 44.2 Å². The van der Waals surface area contributed by atoms with Gasteiger partial charge in [-0.05, 0) is 37.6 Å². The molecule has 0 bridgehead atoms. The minimum absolute atomic E-state index is 0.309. The van der Waals surface area contributed by atoms with Crippen LogP contribution in [0, 0.1) is 12.7 Å². The van der Waals surface area contributed by atoms with Crippen molar-refractivity contribution in [3.05, 3.63) is 77.2 Å². The second-order valence-corrected chi connectivity index (χ2v) is 6.41. The van der Waals surface area contributed by atoms with E-state index in [9.17, 15) is 14.0 Å². The molecule has 0 spiro atoms. The van der Waals surface area contributed by atoms with Gasteiger partial charge in [0.15, 0.2) is 5.54 Å². The first-order valence-corrected chi connectivity index (χ1v) is 8.38. The van der Waals surface area contributed by atoms with Gasteiger partial charge in [-0.2, -0.15) is 0 Å². The number of hydrogen-bond acceptors (Lipinski definition) is 4. The van der Waals surface area contributed by atoms with E-state index in [-0.39, 0.29) is 0 Å². The number of hydrogen-bond donors (Lipinski definition) is 1. The third kappa shape index (κ3) is 3.51. The predicted octanol–water partition coefficient (Wildman–Crippen LogP) is 3.50. The molecular weight excluding hydrogens is 347 g/mol. The molecule has 0 radical (unpaired) electrons. The van der Waals surface area contributed by atoms with Crippen molar-refractivity contribution in [3.8, 4) is 0 Å². The average Bonchev–Trinajstić information content (AvgIpc) is 2.66. The van der Waals surface area contributed by atoms with Gasteiger partial charge in [0, 0.05) is 17.1 Å². The normalized spacial score (nSPS) is 13.0. The van der Waals surface area contributed by atoms with Crippen molar-refractivity contribution in [3.63, 3.8) is 0 Å². The number of carbonyl (C=O) groups is 2. The standard InChI is InChI=1S/C21H19FN2O3/c1-13-11-17(16-10-9-15(22)12-18(16)23-13)19(25)24-21(2,20(26)27-3)14-7-5-4-6-8-14/h4-12H,1-3H3,(H,24,25)/t21-/m1/s1. The Morgan fingerprint density at radius 3 is 2.48 bits per heavy atom. The smallest absolute Gasteiger partial charge is 0.336 e. The number of rotatable bonds is 4. The first-order chi connectivity index (χ1) is 12.8. The van der Waals surface area contributed by atoms with Gasteiger partial charge in [0.05, 0.1) is 18.2 Å². The van der Waals surface area contributed by atoms with Crippen LogP contribution in [0.5, 0.6) is 0 Å². The van der Waals surface area contributed by atoms with Gasteiger partial charge in [0.25, 0.3) is 5.91 Å². The number of carbonyl (C=O) groups excluding carboxylic acids is 2. The average molecular weight is 366 g/mol. The van der Waals surface area contributed by atoms with Crippen LogP contribution >= 0.6 is 0 Å². The molecule has 0 fully saturated rings. The maximum Gasteiger partial charge on any atom is 0.336 e. The van der Waals surface area contributed by atoms with E-state index in [0.717, 1.165) is 0 Å². The third-order valence-electron chi connectivity index (χ3n) is 4.45. The zero-order valence-corrected chi connectivity index (χ0v) is 15.2. The fraction of sp³-hybridized carbons (Fsp3) is 0.190. The van der Waals surface area contributed by atoms with E-state index < -0.39 is 23.2 Å². The largest absolute Gasteiger partial charge is 0.467 e. The van der Waals surface area contributed by atoms with Crippen LogP contribution in [0.15, 0.2) is 54.6 Å². The lowest BCUT2D eigenvalue weighted by Crippen LogP contribution is -2.50. The summed E-state index contributed by atoms with van der Waals surface area (Å²) < 4.78 is 18.5. The molecule has 0 aliphatic carbocycles. The molecule has 3 aromatic rings. The summed E-state index contributed by atoms with van der Waals surface area (Å²) in [5.74, 6) is -1.51. The molecule has 1 heterocycles. The maximum absolute atomic E-state index is 13.5. The van der Waals surface area contributed by atoms with Crippen molar-refractivity contribution < 1.29 is 18.7 Å². The first kappa shape index (κ1) is 18.5. The maximum atomic E-state index is 13.5. The van der Waals surface area contributed by atoms with Crippen LogP contribution < -0.4 is 5.32 Å². The van der Waals surface area contributed by atoms with Gasteiger partial charge < -0.3 is 10.1 Å². The Morgan fingerprint density at radius 2 is 1.81 bits per heavy atom. The molecule has 3 rings (SSSR count). The minimum Gasteiger partial charge on any atom is -0.467 e. The SMILES string of the molecule is COC(=O)[C@](C)(NC(=O)c1cc(C)nc2cc(F)ccc12)c1ccccc1. The number of methoxy groups -OCH3 is 1. The van der Waals surface area contributed by atoms with Crippen LogP contribution in [0.2, 0.25) is 0 Å². The van der Waals surface area contributed by atoms with Crippen molar-refractivity contribution in [1.29, 1.82) is 0 Å². The van der Waals surface area contributed by atoms with Gasteiger partial charge in [0.2, 0.25) is 0 Å². The number of aromatic nitrogens is 1. The Balaban J connectivity index is 2.07. The van der Waals surface area contributed by atoms with Crippen molar-refractivity contribution >= 4 is 22.8 Å². The number of amides is 1. The molecular formula is C21H19FN2O3. The third-order valence-corrected chi connectivity index (χ3v) is 4.45. The lowest BCUT2D eigenvalue weighted by atomic mass is 9.91. The van der Waals surface area contributed by atoms with E-state index in [0.29, 0.717) is 27.7 Å². The van der Waals surface area contributed by atoms with E-state index >= 15 is 0 Å². The number of aryl methyl sites for hydroxylation is 1. The Kier molecular flexibility index (Phi) is 4.90. The highest BCUT2D eigenvalue weighted by molar-refractivity contribution is 6.07. The zero-order valence-electron chi connectivity index (χ0n) is 15.2. The monoisotopic (exact) mass is 366 g/mol. The second-order valence-electron chi connectivity index (χ2n) is 6.41. The molecule has 6 heteroatoms. The number of nitrogens with one attached hydrogen (secondary N) is 1. The Morgan fingerprint density at radius 1 is 1.11 bits per heavy atom. The molecule has 1 atom stereocenters. The molecule has 0 aliphatic rings. The van der Waals surface area contributed by atoms with E-state index in [2.05, 4.69) is 10.3 Å². The quantitative estimate of drug-likeness (QED) is 0.718. The predicted molar refractivity (Wildman–Crippen MR) is 99.7 cm³/mol. The number of pyridine rings is 1. The van der Waals surface area contributed by atoms with E-state index in [1.807, 2.05) is 6.07 Å². The molecule has 0 saturated heterocycles. The lowest BCUT2D eigenvalue weighted by Gasteiger charge is -2.28. The summed E-state index contributed by atoms with van der Waals surface area (Å²) in [6.07, 6.45) is 0. The summed E-state index contributed by atoms with van der Waals surface area (Å²) in [5.41, 5.74) is 0.462. The van der Waals surface area contributed by atoms with Crippen molar-refractivity contribution in [1.82, 2.24) is 10.3 Å². The van der Waals surface area contributed by atoms with Crippen molar-refractivity contribution in [2.45, 2.75) is 19.4 Å². The lowest BCUT2D eigenvalue weighted by molar-refractivity contribution is -0.147. The minimum atomic E-state index is -1.38. The Bertz CT molecular complexity index is 1020. The zero-order chi connectivity index (χ0) is 19.6. The molecule has 138 valence electrons. The summed E-state index contributed by atoms with van der Waals surface area (Å²) >= 11 is 0. The first-order valence-electron chi connectivity index (χ1n) is 8.38. The molecule has 1 N–H and O–H groups in total. The molecule has 0 aliphatic heterocycles. The van der Waals surface area contributed by atoms with Crippen LogP contribution in [-0.2, 0) is 15.1 Å². The molecule has 0 unspecified atom stereocenters. The van der Waals surface area contributed by atoms with Crippen LogP contribution in [-0.4, -0.2) is 24.0 Å². The van der Waals surface area contributed by atoms with Gasteiger partial charge in [0.1, 0.15) is 5.82 Å². The van der Waals surface area contributed by atoms with Gasteiger partial charge in [-0.25, -0.2) is 9.18 Å². The number of nitrogens with zero attached hydrogens (tertiary/aromatic N) is 1. The summed E-state index contributed by atoms with van der Waals surface area (Å²) in [6, 6.07) is 14.5. The number of fused-ring (bicyclic) bond motifs is 1. The summed E-state index contributed by atoms with van der Waals surface area (Å²) in [5, 5.41) is 3.28. The fourth-order valence-corrected chi connectivity index (χ4v) is 3.03. The van der Waals surface area contributed by atoms with Crippen LogP contribution in [0.25, 0.3) is 10.9 Å². The van der Waals surface area contributed by atoms with Crippen LogP contribution in [0.1, 0.15) is 28.5 Å². The Labute approximate surface area is 156 Å². The fourth-order valence-electron chi connectivity index (χ4n) is 3.03. The molecule has 27 heavy (non-hydrogen) atoms. The van der Waals surface area contributed by atoms with E-state index in [4.69, 9.17) is 4.74 Å². The van der Waals surface area contributed by atoms with E-state index in [1.165, 1.54) is 25.3 Å². The number of halogens is 1. The highest BCUT2D eigenvalue weighted by atomic mass is 19.1. The number of ether oxygens (including phenoxy) is 1. The number of esters is 1. The van der Waals surface area contributed by atoms with Crippen LogP contribution in [0.4, 0.5) is 4.39 Å². The molecule has 5 nitrogen and oxygen atoms in total. The van der Waals surface area contributed by atoms with Gasteiger partial charge in [-0.15, -0.1) is 0 Å².